The fourth-order valence-electron chi connectivity index (χ4n) is 1.05. The van der Waals surface area contributed by atoms with Crippen molar-refractivity contribution in [2.24, 2.45) is 5.73 Å². The van der Waals surface area contributed by atoms with Crippen LogP contribution in [0.5, 0.6) is 0 Å². The van der Waals surface area contributed by atoms with Gasteiger partial charge in [-0.15, -0.1) is 0 Å². The van der Waals surface area contributed by atoms with E-state index in [0.717, 1.165) is 5.56 Å². The fourth-order valence-corrected chi connectivity index (χ4v) is 1.59. The van der Waals surface area contributed by atoms with Gasteiger partial charge in [0, 0.05) is 10.0 Å². The van der Waals surface area contributed by atoms with Crippen LogP contribution in [0.3, 0.4) is 0 Å². The molecule has 0 fully saturated rings. The van der Waals surface area contributed by atoms with Crippen LogP contribution >= 0.6 is 23.2 Å². The molecule has 1 aromatic rings. The minimum absolute atomic E-state index is 0.448. The van der Waals surface area contributed by atoms with Crippen molar-refractivity contribution in [2.75, 3.05) is 0 Å². The Morgan fingerprint density at radius 1 is 1.23 bits per heavy atom. The van der Waals surface area contributed by atoms with Crippen molar-refractivity contribution in [3.8, 4) is 0 Å². The number of halogens is 2. The Balaban J connectivity index is 3.01. The molecule has 1 unspecified atom stereocenters. The van der Waals surface area contributed by atoms with E-state index in [4.69, 9.17) is 28.9 Å². The first-order valence-electron chi connectivity index (χ1n) is 3.90. The van der Waals surface area contributed by atoms with E-state index in [1.165, 1.54) is 0 Å². The molecule has 13 heavy (non-hydrogen) atoms. The monoisotopic (exact) mass is 219 g/mol. The molecule has 0 heterocycles. The Hall–Kier alpha value is -0.280. The smallest absolute Gasteiger partial charge is 0.0704 e. The predicted molar refractivity (Wildman–Crippen MR) is 55.1 cm³/mol. The minimum Gasteiger partial charge on any atom is -0.391 e. The highest BCUT2D eigenvalue weighted by Crippen LogP contribution is 2.23. The molecule has 1 aromatic carbocycles. The van der Waals surface area contributed by atoms with Gasteiger partial charge >= 0.3 is 0 Å². The van der Waals surface area contributed by atoms with Gasteiger partial charge in [0.05, 0.1) is 12.1 Å². The number of aliphatic hydroxyl groups excluding tert-OH is 1. The normalized spacial score (nSPS) is 15.5. The van der Waals surface area contributed by atoms with Gasteiger partial charge < -0.3 is 10.8 Å². The van der Waals surface area contributed by atoms with Crippen molar-refractivity contribution in [1.29, 1.82) is 0 Å². The maximum atomic E-state index is 9.24. The molecular formula is C9H11Cl2NO. The molecule has 72 valence electrons. The summed E-state index contributed by atoms with van der Waals surface area (Å²) in [6.07, 6.45) is -0.616. The molecule has 0 aliphatic rings. The highest BCUT2D eigenvalue weighted by atomic mass is 35.5. The third-order valence-corrected chi connectivity index (χ3v) is 2.23. The molecular weight excluding hydrogens is 209 g/mol. The summed E-state index contributed by atoms with van der Waals surface area (Å²) in [5.74, 6) is 0. The van der Waals surface area contributed by atoms with Crippen LogP contribution in [0.25, 0.3) is 0 Å². The van der Waals surface area contributed by atoms with Gasteiger partial charge in [-0.25, -0.2) is 0 Å². The Bertz CT molecular complexity index is 281. The van der Waals surface area contributed by atoms with Crippen molar-refractivity contribution < 1.29 is 5.11 Å². The maximum Gasteiger partial charge on any atom is 0.0704 e. The van der Waals surface area contributed by atoms with Crippen molar-refractivity contribution in [2.45, 2.75) is 19.1 Å². The molecule has 1 rings (SSSR count). The minimum atomic E-state index is -0.616. The van der Waals surface area contributed by atoms with E-state index < -0.39 is 12.1 Å². The first-order valence-corrected chi connectivity index (χ1v) is 4.66. The summed E-state index contributed by atoms with van der Waals surface area (Å²) < 4.78 is 0. The average molecular weight is 220 g/mol. The SMILES string of the molecule is CC(O)[C@@H](N)c1cc(Cl)cc(Cl)c1. The number of aliphatic hydroxyl groups is 1. The molecule has 0 aromatic heterocycles. The van der Waals surface area contributed by atoms with E-state index in [2.05, 4.69) is 0 Å². The zero-order valence-corrected chi connectivity index (χ0v) is 8.68. The lowest BCUT2D eigenvalue weighted by atomic mass is 10.0. The van der Waals surface area contributed by atoms with Crippen LogP contribution in [0.4, 0.5) is 0 Å². The molecule has 4 heteroatoms. The lowest BCUT2D eigenvalue weighted by molar-refractivity contribution is 0.164. The van der Waals surface area contributed by atoms with Gasteiger partial charge in [-0.1, -0.05) is 23.2 Å². The molecule has 0 radical (unpaired) electrons. The topological polar surface area (TPSA) is 46.2 Å². The summed E-state index contributed by atoms with van der Waals surface area (Å²) in [5.41, 5.74) is 6.45. The molecule has 0 spiro atoms. The molecule has 0 saturated carbocycles. The van der Waals surface area contributed by atoms with Gasteiger partial charge in [-0.2, -0.15) is 0 Å². The van der Waals surface area contributed by atoms with Crippen LogP contribution in [-0.4, -0.2) is 11.2 Å². The van der Waals surface area contributed by atoms with Crippen molar-refractivity contribution >= 4 is 23.2 Å². The first-order chi connectivity index (χ1) is 6.00. The number of hydrogen-bond donors (Lipinski definition) is 2. The second-order valence-electron chi connectivity index (χ2n) is 2.97. The van der Waals surface area contributed by atoms with E-state index in [9.17, 15) is 5.11 Å². The summed E-state index contributed by atoms with van der Waals surface area (Å²) >= 11 is 11.6. The third-order valence-electron chi connectivity index (χ3n) is 1.79. The van der Waals surface area contributed by atoms with Crippen LogP contribution in [0.2, 0.25) is 10.0 Å². The lowest BCUT2D eigenvalue weighted by Gasteiger charge is -2.15. The molecule has 0 bridgehead atoms. The van der Waals surface area contributed by atoms with E-state index in [0.29, 0.717) is 10.0 Å². The van der Waals surface area contributed by atoms with Crippen molar-refractivity contribution in [3.05, 3.63) is 33.8 Å². The molecule has 0 aliphatic carbocycles. The molecule has 0 aliphatic heterocycles. The number of nitrogens with two attached hydrogens (primary N) is 1. The summed E-state index contributed by atoms with van der Waals surface area (Å²) in [4.78, 5) is 0. The summed E-state index contributed by atoms with van der Waals surface area (Å²) in [7, 11) is 0. The van der Waals surface area contributed by atoms with Crippen molar-refractivity contribution in [1.82, 2.24) is 0 Å². The Morgan fingerprint density at radius 3 is 2.08 bits per heavy atom. The summed E-state index contributed by atoms with van der Waals surface area (Å²) in [6, 6.07) is 4.58. The van der Waals surface area contributed by atoms with E-state index in [-0.39, 0.29) is 0 Å². The Labute approximate surface area is 87.3 Å². The molecule has 2 nitrogen and oxygen atoms in total. The number of hydrogen-bond acceptors (Lipinski definition) is 2. The lowest BCUT2D eigenvalue weighted by Crippen LogP contribution is -2.23. The number of rotatable bonds is 2. The molecule has 0 amide bonds. The zero-order valence-electron chi connectivity index (χ0n) is 7.17. The highest BCUT2D eigenvalue weighted by Gasteiger charge is 2.12. The first kappa shape index (κ1) is 10.8. The standard InChI is InChI=1S/C9H11Cl2NO/c1-5(13)9(12)6-2-7(10)4-8(11)3-6/h2-5,9,13H,12H2,1H3/t5?,9-/m1/s1. The zero-order chi connectivity index (χ0) is 10.0. The van der Waals surface area contributed by atoms with E-state index >= 15 is 0 Å². The average Bonchev–Trinajstić information content (AvgIpc) is 2.01. The quantitative estimate of drug-likeness (QED) is 0.803. The van der Waals surface area contributed by atoms with Gasteiger partial charge in [-0.05, 0) is 30.7 Å². The van der Waals surface area contributed by atoms with Gasteiger partial charge in [0.15, 0.2) is 0 Å². The van der Waals surface area contributed by atoms with Crippen LogP contribution in [0, 0.1) is 0 Å². The Kier molecular flexibility index (Phi) is 3.56. The van der Waals surface area contributed by atoms with E-state index in [1.807, 2.05) is 0 Å². The van der Waals surface area contributed by atoms with Crippen LogP contribution in [0.15, 0.2) is 18.2 Å². The van der Waals surface area contributed by atoms with Gasteiger partial charge in [0.25, 0.3) is 0 Å². The maximum absolute atomic E-state index is 9.24. The van der Waals surface area contributed by atoms with Gasteiger partial charge in [0.1, 0.15) is 0 Å². The van der Waals surface area contributed by atoms with Crippen LogP contribution < -0.4 is 5.73 Å². The van der Waals surface area contributed by atoms with Crippen LogP contribution in [-0.2, 0) is 0 Å². The fraction of sp³-hybridized carbons (Fsp3) is 0.333. The van der Waals surface area contributed by atoms with Gasteiger partial charge in [0.2, 0.25) is 0 Å². The summed E-state index contributed by atoms with van der Waals surface area (Å²) in [6.45, 7) is 1.62. The van der Waals surface area contributed by atoms with Crippen LogP contribution in [0.1, 0.15) is 18.5 Å². The second-order valence-corrected chi connectivity index (χ2v) is 3.84. The van der Waals surface area contributed by atoms with E-state index in [1.54, 1.807) is 25.1 Å². The number of benzene rings is 1. The highest BCUT2D eigenvalue weighted by molar-refractivity contribution is 6.34. The van der Waals surface area contributed by atoms with Crippen molar-refractivity contribution in [3.63, 3.8) is 0 Å². The predicted octanol–water partition coefficient (Wildman–Crippen LogP) is 2.37. The Morgan fingerprint density at radius 2 is 1.69 bits per heavy atom. The largest absolute Gasteiger partial charge is 0.391 e. The third kappa shape index (κ3) is 2.85. The molecule has 2 atom stereocenters. The second kappa shape index (κ2) is 4.29. The summed E-state index contributed by atoms with van der Waals surface area (Å²) in [5, 5.41) is 10.3. The molecule has 3 N–H and O–H groups in total. The molecule has 0 saturated heterocycles. The van der Waals surface area contributed by atoms with Gasteiger partial charge in [-0.3, -0.25) is 0 Å².